The summed E-state index contributed by atoms with van der Waals surface area (Å²) in [5.74, 6) is -1.23. The smallest absolute Gasteiger partial charge is 0.303 e. The SMILES string of the molecule is CCC(O)[C@H]1OC(n2c(Cl)nc3cc(Cl)c(Cl)cc32)C(OC(C)=O)C1OC(C)=O. The number of aliphatic hydroxyl groups excluding tert-OH is 1. The second-order valence-electron chi connectivity index (χ2n) is 6.62. The molecule has 1 aliphatic heterocycles. The van der Waals surface area contributed by atoms with Gasteiger partial charge in [0, 0.05) is 13.8 Å². The first-order valence-electron chi connectivity index (χ1n) is 8.84. The number of hydrogen-bond donors (Lipinski definition) is 1. The number of ether oxygens (including phenoxy) is 3. The Morgan fingerprint density at radius 2 is 1.76 bits per heavy atom. The van der Waals surface area contributed by atoms with Crippen molar-refractivity contribution in [3.05, 3.63) is 27.5 Å². The summed E-state index contributed by atoms with van der Waals surface area (Å²) >= 11 is 18.5. The molecule has 0 aliphatic carbocycles. The predicted octanol–water partition coefficient (Wildman–Crippen LogP) is 3.53. The average Bonchev–Trinajstić information content (AvgIpc) is 3.11. The van der Waals surface area contributed by atoms with Crippen LogP contribution < -0.4 is 0 Å². The van der Waals surface area contributed by atoms with Gasteiger partial charge in [-0.25, -0.2) is 4.98 Å². The molecule has 2 heterocycles. The number of fused-ring (bicyclic) bond motifs is 1. The Labute approximate surface area is 181 Å². The summed E-state index contributed by atoms with van der Waals surface area (Å²) in [6.07, 6.45) is -4.76. The minimum Gasteiger partial charge on any atom is -0.455 e. The number of nitrogens with zero attached hydrogens (tertiary/aromatic N) is 2. The fourth-order valence-electron chi connectivity index (χ4n) is 3.36. The van der Waals surface area contributed by atoms with Gasteiger partial charge in [-0.05, 0) is 30.2 Å². The normalized spacial score (nSPS) is 25.2. The zero-order valence-corrected chi connectivity index (χ0v) is 18.0. The zero-order valence-electron chi connectivity index (χ0n) is 15.8. The summed E-state index contributed by atoms with van der Waals surface area (Å²) in [4.78, 5) is 27.7. The van der Waals surface area contributed by atoms with Crippen LogP contribution in [0, 0.1) is 0 Å². The summed E-state index contributed by atoms with van der Waals surface area (Å²) in [5, 5.41) is 11.0. The van der Waals surface area contributed by atoms with Crippen LogP contribution in [0.25, 0.3) is 11.0 Å². The first kappa shape index (κ1) is 22.1. The Bertz CT molecular complexity index is 949. The maximum absolute atomic E-state index is 11.8. The molecule has 0 radical (unpaired) electrons. The van der Waals surface area contributed by atoms with E-state index in [2.05, 4.69) is 4.98 Å². The Morgan fingerprint density at radius 1 is 1.17 bits per heavy atom. The van der Waals surface area contributed by atoms with Gasteiger partial charge in [0.05, 0.1) is 27.2 Å². The first-order chi connectivity index (χ1) is 13.6. The van der Waals surface area contributed by atoms with E-state index in [9.17, 15) is 14.7 Å². The fourth-order valence-corrected chi connectivity index (χ4v) is 3.95. The molecule has 1 aromatic heterocycles. The molecule has 1 fully saturated rings. The number of aliphatic hydroxyl groups is 1. The molecule has 0 saturated carbocycles. The highest BCUT2D eigenvalue weighted by Gasteiger charge is 2.53. The molecule has 2 aromatic rings. The molecular weight excluding hydrogens is 447 g/mol. The van der Waals surface area contributed by atoms with Crippen LogP contribution in [-0.2, 0) is 23.8 Å². The van der Waals surface area contributed by atoms with Crippen molar-refractivity contribution in [2.75, 3.05) is 0 Å². The van der Waals surface area contributed by atoms with Gasteiger partial charge in [-0.2, -0.15) is 0 Å². The van der Waals surface area contributed by atoms with Crippen molar-refractivity contribution < 1.29 is 28.9 Å². The van der Waals surface area contributed by atoms with Gasteiger partial charge in [0.15, 0.2) is 18.4 Å². The van der Waals surface area contributed by atoms with E-state index in [1.807, 2.05) is 0 Å². The van der Waals surface area contributed by atoms with Crippen LogP contribution in [0.15, 0.2) is 12.1 Å². The molecule has 8 nitrogen and oxygen atoms in total. The summed E-state index contributed by atoms with van der Waals surface area (Å²) in [6, 6.07) is 3.09. The molecule has 4 unspecified atom stereocenters. The molecule has 0 amide bonds. The van der Waals surface area contributed by atoms with Crippen LogP contribution in [0.1, 0.15) is 33.4 Å². The van der Waals surface area contributed by atoms with E-state index in [0.717, 1.165) is 0 Å². The second-order valence-corrected chi connectivity index (χ2v) is 7.77. The monoisotopic (exact) mass is 464 g/mol. The molecule has 158 valence electrons. The molecule has 1 aliphatic rings. The number of hydrogen-bond acceptors (Lipinski definition) is 7. The second kappa shape index (κ2) is 8.65. The van der Waals surface area contributed by atoms with Crippen molar-refractivity contribution in [3.63, 3.8) is 0 Å². The van der Waals surface area contributed by atoms with Crippen molar-refractivity contribution in [2.24, 2.45) is 0 Å². The van der Waals surface area contributed by atoms with Gasteiger partial charge in [0.2, 0.25) is 5.28 Å². The first-order valence-corrected chi connectivity index (χ1v) is 9.97. The Balaban J connectivity index is 2.14. The third-order valence-corrected chi connectivity index (χ3v) is 5.56. The lowest BCUT2D eigenvalue weighted by Gasteiger charge is -2.25. The van der Waals surface area contributed by atoms with Crippen molar-refractivity contribution >= 4 is 57.8 Å². The van der Waals surface area contributed by atoms with Crippen molar-refractivity contribution in [1.82, 2.24) is 9.55 Å². The molecule has 1 saturated heterocycles. The van der Waals surface area contributed by atoms with Gasteiger partial charge in [-0.15, -0.1) is 0 Å². The summed E-state index contributed by atoms with van der Waals surface area (Å²) in [5.41, 5.74) is 0.915. The van der Waals surface area contributed by atoms with Crippen LogP contribution in [0.4, 0.5) is 0 Å². The topological polar surface area (TPSA) is 99.9 Å². The average molecular weight is 466 g/mol. The Kier molecular flexibility index (Phi) is 6.60. The molecule has 1 N–H and O–H groups in total. The van der Waals surface area contributed by atoms with E-state index in [0.29, 0.717) is 22.5 Å². The lowest BCUT2D eigenvalue weighted by molar-refractivity contribution is -0.166. The van der Waals surface area contributed by atoms with Crippen molar-refractivity contribution in [2.45, 2.75) is 57.8 Å². The predicted molar refractivity (Wildman–Crippen MR) is 106 cm³/mol. The van der Waals surface area contributed by atoms with Crippen LogP contribution in [0.5, 0.6) is 0 Å². The highest BCUT2D eigenvalue weighted by Crippen LogP contribution is 2.40. The molecular formula is C18H19Cl3N2O6. The van der Waals surface area contributed by atoms with Crippen LogP contribution in [0.3, 0.4) is 0 Å². The summed E-state index contributed by atoms with van der Waals surface area (Å²) < 4.78 is 18.2. The van der Waals surface area contributed by atoms with Gasteiger partial charge in [-0.3, -0.25) is 14.2 Å². The van der Waals surface area contributed by atoms with E-state index in [1.54, 1.807) is 19.1 Å². The molecule has 1 aromatic carbocycles. The summed E-state index contributed by atoms with van der Waals surface area (Å²) in [7, 11) is 0. The lowest BCUT2D eigenvalue weighted by Crippen LogP contribution is -2.43. The van der Waals surface area contributed by atoms with Gasteiger partial charge >= 0.3 is 11.9 Å². The van der Waals surface area contributed by atoms with Crippen LogP contribution >= 0.6 is 34.8 Å². The number of esters is 2. The molecule has 3 rings (SSSR count). The van der Waals surface area contributed by atoms with Gasteiger partial charge in [0.25, 0.3) is 0 Å². The van der Waals surface area contributed by atoms with Crippen LogP contribution in [0.2, 0.25) is 15.3 Å². The number of halogens is 3. The van der Waals surface area contributed by atoms with Gasteiger partial charge in [-0.1, -0.05) is 30.1 Å². The van der Waals surface area contributed by atoms with E-state index >= 15 is 0 Å². The van der Waals surface area contributed by atoms with E-state index in [-0.39, 0.29) is 10.3 Å². The fraction of sp³-hybridized carbons (Fsp3) is 0.500. The number of imidazole rings is 1. The Morgan fingerprint density at radius 3 is 2.34 bits per heavy atom. The van der Waals surface area contributed by atoms with Gasteiger partial charge in [0.1, 0.15) is 6.10 Å². The highest BCUT2D eigenvalue weighted by atomic mass is 35.5. The third kappa shape index (κ3) is 4.32. The van der Waals surface area contributed by atoms with Gasteiger partial charge < -0.3 is 19.3 Å². The molecule has 11 heteroatoms. The standard InChI is InChI=1S/C18H19Cl3N2O6/c1-4-13(26)14-15(27-7(2)24)16(28-8(3)25)17(29-14)23-12-6-10(20)9(19)5-11(12)22-18(23)21/h5-6,13-17,26H,4H2,1-3H3/t13?,14-,15?,16?,17?/m1/s1. The molecule has 5 atom stereocenters. The van der Waals surface area contributed by atoms with E-state index in [1.165, 1.54) is 18.4 Å². The van der Waals surface area contributed by atoms with Crippen molar-refractivity contribution in [1.29, 1.82) is 0 Å². The minimum atomic E-state index is -1.08. The highest BCUT2D eigenvalue weighted by molar-refractivity contribution is 6.42. The maximum Gasteiger partial charge on any atom is 0.303 e. The largest absolute Gasteiger partial charge is 0.455 e. The molecule has 0 spiro atoms. The van der Waals surface area contributed by atoms with Crippen molar-refractivity contribution in [3.8, 4) is 0 Å². The van der Waals surface area contributed by atoms with E-state index < -0.39 is 42.6 Å². The van der Waals surface area contributed by atoms with E-state index in [4.69, 9.17) is 49.0 Å². The lowest BCUT2D eigenvalue weighted by atomic mass is 10.0. The van der Waals surface area contributed by atoms with Crippen LogP contribution in [-0.4, -0.2) is 51.0 Å². The maximum atomic E-state index is 11.8. The summed E-state index contributed by atoms with van der Waals surface area (Å²) in [6.45, 7) is 4.18. The Hall–Kier alpha value is -1.58. The number of benzene rings is 1. The third-order valence-electron chi connectivity index (χ3n) is 4.57. The number of rotatable bonds is 5. The zero-order chi connectivity index (χ0) is 21.5. The number of carbonyl (C=O) groups excluding carboxylic acids is 2. The minimum absolute atomic E-state index is 0.0219. The molecule has 0 bridgehead atoms. The molecule has 29 heavy (non-hydrogen) atoms. The quantitative estimate of drug-likeness (QED) is 0.674. The number of carbonyl (C=O) groups is 2. The number of aromatic nitrogens is 2.